The Balaban J connectivity index is 1.79. The van der Waals surface area contributed by atoms with E-state index in [1.807, 2.05) is 20.8 Å². The molecular formula is C18H32N4O3. The van der Waals surface area contributed by atoms with Crippen molar-refractivity contribution >= 4 is 6.09 Å². The Kier molecular flexibility index (Phi) is 6.81. The molecule has 0 aliphatic carbocycles. The van der Waals surface area contributed by atoms with Crippen molar-refractivity contribution in [3.05, 3.63) is 11.7 Å². The van der Waals surface area contributed by atoms with Crippen LogP contribution in [-0.4, -0.2) is 45.9 Å². The monoisotopic (exact) mass is 352 g/mol. The Morgan fingerprint density at radius 2 is 2.08 bits per heavy atom. The lowest BCUT2D eigenvalue weighted by Gasteiger charge is -2.35. The Hall–Kier alpha value is -1.63. The lowest BCUT2D eigenvalue weighted by atomic mass is 10.0. The number of rotatable bonds is 6. The second-order valence-corrected chi connectivity index (χ2v) is 7.78. The maximum absolute atomic E-state index is 11.9. The summed E-state index contributed by atoms with van der Waals surface area (Å²) in [4.78, 5) is 18.7. The topological polar surface area (TPSA) is 80.5 Å². The predicted molar refractivity (Wildman–Crippen MR) is 95.3 cm³/mol. The molecule has 1 aromatic heterocycles. The molecule has 0 saturated carbocycles. The normalized spacial score (nSPS) is 18.1. The first-order valence-corrected chi connectivity index (χ1v) is 9.34. The van der Waals surface area contributed by atoms with Gasteiger partial charge in [-0.15, -0.1) is 0 Å². The highest BCUT2D eigenvalue weighted by Gasteiger charge is 2.28. The van der Waals surface area contributed by atoms with Gasteiger partial charge < -0.3 is 14.6 Å². The summed E-state index contributed by atoms with van der Waals surface area (Å²) in [5, 5.41) is 7.03. The van der Waals surface area contributed by atoms with Crippen molar-refractivity contribution < 1.29 is 14.1 Å². The summed E-state index contributed by atoms with van der Waals surface area (Å²) >= 11 is 0. The average Bonchev–Trinajstić information content (AvgIpc) is 3.00. The molecule has 25 heavy (non-hydrogen) atoms. The summed E-state index contributed by atoms with van der Waals surface area (Å²) in [7, 11) is 0. The number of piperidine rings is 1. The summed E-state index contributed by atoms with van der Waals surface area (Å²) in [6.07, 6.45) is 4.51. The fourth-order valence-electron chi connectivity index (χ4n) is 2.94. The van der Waals surface area contributed by atoms with Crippen molar-refractivity contribution in [2.24, 2.45) is 0 Å². The zero-order valence-corrected chi connectivity index (χ0v) is 16.2. The van der Waals surface area contributed by atoms with Gasteiger partial charge in [-0.2, -0.15) is 4.98 Å². The van der Waals surface area contributed by atoms with E-state index in [1.54, 1.807) is 0 Å². The number of amides is 1. The average molecular weight is 352 g/mol. The van der Waals surface area contributed by atoms with E-state index in [0.717, 1.165) is 51.0 Å². The third-order valence-electron chi connectivity index (χ3n) is 4.39. The number of carbonyl (C=O) groups excluding carboxylic acids is 1. The molecular weight excluding hydrogens is 320 g/mol. The summed E-state index contributed by atoms with van der Waals surface area (Å²) in [5.74, 6) is 1.48. The van der Waals surface area contributed by atoms with Crippen LogP contribution in [0.15, 0.2) is 4.52 Å². The number of alkyl carbamates (subject to hydrolysis) is 1. The van der Waals surface area contributed by atoms with Crippen molar-refractivity contribution in [3.63, 3.8) is 0 Å². The number of hydrogen-bond acceptors (Lipinski definition) is 6. The second-order valence-electron chi connectivity index (χ2n) is 7.78. The molecule has 0 bridgehead atoms. The molecule has 0 aromatic carbocycles. The molecule has 2 rings (SSSR count). The van der Waals surface area contributed by atoms with Gasteiger partial charge in [0.1, 0.15) is 5.60 Å². The third-order valence-corrected chi connectivity index (χ3v) is 4.39. The summed E-state index contributed by atoms with van der Waals surface area (Å²) < 4.78 is 10.8. The first kappa shape index (κ1) is 19.7. The zero-order valence-electron chi connectivity index (χ0n) is 16.2. The summed E-state index contributed by atoms with van der Waals surface area (Å²) in [5.41, 5.74) is -0.466. The molecule has 1 amide bonds. The van der Waals surface area contributed by atoms with Gasteiger partial charge in [0.2, 0.25) is 5.89 Å². The van der Waals surface area contributed by atoms with Crippen LogP contribution in [0, 0.1) is 0 Å². The minimum absolute atomic E-state index is 0.102. The van der Waals surface area contributed by atoms with Crippen LogP contribution in [0.4, 0.5) is 4.79 Å². The van der Waals surface area contributed by atoms with Crippen LogP contribution in [0.25, 0.3) is 0 Å². The number of likely N-dealkylation sites (tertiary alicyclic amines) is 1. The van der Waals surface area contributed by atoms with Crippen LogP contribution in [0.3, 0.4) is 0 Å². The molecule has 1 aliphatic heterocycles. The van der Waals surface area contributed by atoms with Gasteiger partial charge in [-0.3, -0.25) is 4.90 Å². The molecule has 1 aromatic rings. The minimum atomic E-state index is -0.466. The van der Waals surface area contributed by atoms with Gasteiger partial charge in [0.05, 0.1) is 6.04 Å². The van der Waals surface area contributed by atoms with Gasteiger partial charge in [-0.25, -0.2) is 4.79 Å². The van der Waals surface area contributed by atoms with E-state index in [0.29, 0.717) is 5.89 Å². The molecule has 1 unspecified atom stereocenters. The molecule has 142 valence electrons. The van der Waals surface area contributed by atoms with Crippen LogP contribution >= 0.6 is 0 Å². The Morgan fingerprint density at radius 1 is 1.40 bits per heavy atom. The molecule has 1 saturated heterocycles. The number of aryl methyl sites for hydroxylation is 1. The van der Waals surface area contributed by atoms with Crippen LogP contribution in [0.5, 0.6) is 0 Å². The Labute approximate surface area is 150 Å². The first-order chi connectivity index (χ1) is 11.8. The van der Waals surface area contributed by atoms with Crippen molar-refractivity contribution in [2.75, 3.05) is 13.1 Å². The molecule has 0 spiro atoms. The number of unbranched alkanes of at least 4 members (excludes halogenated alkanes) is 1. The maximum Gasteiger partial charge on any atom is 0.407 e. The van der Waals surface area contributed by atoms with E-state index >= 15 is 0 Å². The predicted octanol–water partition coefficient (Wildman–Crippen LogP) is 3.46. The van der Waals surface area contributed by atoms with Crippen molar-refractivity contribution in [1.29, 1.82) is 0 Å². The van der Waals surface area contributed by atoms with Crippen LogP contribution in [0.1, 0.15) is 78.1 Å². The van der Waals surface area contributed by atoms with E-state index in [2.05, 4.69) is 34.2 Å². The van der Waals surface area contributed by atoms with Gasteiger partial charge in [-0.1, -0.05) is 18.5 Å². The molecule has 0 radical (unpaired) electrons. The molecule has 2 heterocycles. The molecule has 7 nitrogen and oxygen atoms in total. The molecule has 1 N–H and O–H groups in total. The number of carbonyl (C=O) groups is 1. The lowest BCUT2D eigenvalue weighted by Crippen LogP contribution is -2.46. The van der Waals surface area contributed by atoms with E-state index in [1.165, 1.54) is 0 Å². The molecule has 7 heteroatoms. The highest BCUT2D eigenvalue weighted by Crippen LogP contribution is 2.23. The second kappa shape index (κ2) is 8.65. The van der Waals surface area contributed by atoms with Gasteiger partial charge in [0.25, 0.3) is 0 Å². The van der Waals surface area contributed by atoms with Crippen molar-refractivity contribution in [1.82, 2.24) is 20.4 Å². The maximum atomic E-state index is 11.9. The fourth-order valence-corrected chi connectivity index (χ4v) is 2.94. The van der Waals surface area contributed by atoms with Gasteiger partial charge in [0.15, 0.2) is 5.82 Å². The highest BCUT2D eigenvalue weighted by molar-refractivity contribution is 5.68. The van der Waals surface area contributed by atoms with Gasteiger partial charge >= 0.3 is 6.09 Å². The van der Waals surface area contributed by atoms with Crippen LogP contribution in [0.2, 0.25) is 0 Å². The number of nitrogens with one attached hydrogen (secondary N) is 1. The third kappa shape index (κ3) is 6.30. The number of nitrogens with zero attached hydrogens (tertiary/aromatic N) is 3. The largest absolute Gasteiger partial charge is 0.444 e. The van der Waals surface area contributed by atoms with E-state index in [4.69, 9.17) is 9.26 Å². The smallest absolute Gasteiger partial charge is 0.407 e. The quantitative estimate of drug-likeness (QED) is 0.844. The van der Waals surface area contributed by atoms with E-state index in [-0.39, 0.29) is 18.2 Å². The molecule has 1 atom stereocenters. The number of aromatic nitrogens is 2. The first-order valence-electron chi connectivity index (χ1n) is 9.34. The van der Waals surface area contributed by atoms with Crippen molar-refractivity contribution in [3.8, 4) is 0 Å². The number of hydrogen-bond donors (Lipinski definition) is 1. The Bertz CT molecular complexity index is 545. The standard InChI is InChI=1S/C18H32N4O3/c1-6-7-8-15-20-16(25-21-15)13(2)22-11-9-14(10-12-22)19-17(23)24-18(3,4)5/h13-14H,6-12H2,1-5H3,(H,19,23). The molecule has 1 fully saturated rings. The lowest BCUT2D eigenvalue weighted by molar-refractivity contribution is 0.0464. The van der Waals surface area contributed by atoms with E-state index < -0.39 is 5.60 Å². The van der Waals surface area contributed by atoms with Crippen molar-refractivity contribution in [2.45, 2.75) is 84.4 Å². The van der Waals surface area contributed by atoms with Crippen LogP contribution in [-0.2, 0) is 11.2 Å². The van der Waals surface area contributed by atoms with Gasteiger partial charge in [0, 0.05) is 25.6 Å². The highest BCUT2D eigenvalue weighted by atomic mass is 16.6. The SMILES string of the molecule is CCCCc1noc(C(C)N2CCC(NC(=O)OC(C)(C)C)CC2)n1. The summed E-state index contributed by atoms with van der Waals surface area (Å²) in [6, 6.07) is 0.256. The van der Waals surface area contributed by atoms with E-state index in [9.17, 15) is 4.79 Å². The molecule has 1 aliphatic rings. The summed E-state index contributed by atoms with van der Waals surface area (Å²) in [6.45, 7) is 11.6. The van der Waals surface area contributed by atoms with Crippen LogP contribution < -0.4 is 5.32 Å². The zero-order chi connectivity index (χ0) is 18.4. The number of ether oxygens (including phenoxy) is 1. The van der Waals surface area contributed by atoms with Gasteiger partial charge in [-0.05, 0) is 47.0 Å². The Morgan fingerprint density at radius 3 is 2.68 bits per heavy atom. The fraction of sp³-hybridized carbons (Fsp3) is 0.833. The minimum Gasteiger partial charge on any atom is -0.444 e.